The number of pyridine rings is 1. The third-order valence-corrected chi connectivity index (χ3v) is 3.25. The molecule has 1 aliphatic heterocycles. The number of amides is 1. The Balaban J connectivity index is 1.91. The molecular formula is C13H14FN3O2. The van der Waals surface area contributed by atoms with Gasteiger partial charge in [-0.15, -0.1) is 0 Å². The zero-order chi connectivity index (χ0) is 13.4. The minimum Gasteiger partial charge on any atom is -0.376 e. The molecule has 3 heterocycles. The summed E-state index contributed by atoms with van der Waals surface area (Å²) < 4.78 is 20.1. The highest BCUT2D eigenvalue weighted by Crippen LogP contribution is 2.14. The van der Waals surface area contributed by atoms with E-state index in [9.17, 15) is 9.18 Å². The van der Waals surface area contributed by atoms with E-state index in [1.807, 2.05) is 18.2 Å². The van der Waals surface area contributed by atoms with Gasteiger partial charge in [-0.25, -0.2) is 9.37 Å². The molecule has 1 aliphatic rings. The van der Waals surface area contributed by atoms with Crippen molar-refractivity contribution < 1.29 is 13.9 Å². The smallest absolute Gasteiger partial charge is 0.270 e. The summed E-state index contributed by atoms with van der Waals surface area (Å²) in [6, 6.07) is 4.91. The van der Waals surface area contributed by atoms with E-state index >= 15 is 0 Å². The Morgan fingerprint density at radius 2 is 2.37 bits per heavy atom. The van der Waals surface area contributed by atoms with E-state index in [1.165, 1.54) is 0 Å². The molecule has 3 rings (SSSR count). The molecular weight excluding hydrogens is 249 g/mol. The number of rotatable bonds is 2. The first-order valence-electron chi connectivity index (χ1n) is 6.13. The molecule has 2 atom stereocenters. The second-order valence-electron chi connectivity index (χ2n) is 4.61. The molecule has 1 N–H and O–H groups in total. The van der Waals surface area contributed by atoms with Gasteiger partial charge in [0.15, 0.2) is 0 Å². The molecule has 1 fully saturated rings. The van der Waals surface area contributed by atoms with Gasteiger partial charge in [0.05, 0.1) is 24.9 Å². The molecule has 2 aromatic heterocycles. The predicted molar refractivity (Wildman–Crippen MR) is 66.9 cm³/mol. The van der Waals surface area contributed by atoms with Crippen LogP contribution in [-0.2, 0) is 4.74 Å². The Bertz CT molecular complexity index is 625. The standard InChI is InChI=1S/C13H14FN3O2/c1-8-12(17-5-3-2-4-11(17)15-8)13(18)16-10-7-19-6-9(10)14/h2-5,9-10H,6-7H2,1H3,(H,16,18). The van der Waals surface area contributed by atoms with Crippen LogP contribution in [0.5, 0.6) is 0 Å². The monoisotopic (exact) mass is 263 g/mol. The molecule has 2 unspecified atom stereocenters. The third kappa shape index (κ3) is 2.08. The maximum Gasteiger partial charge on any atom is 0.270 e. The van der Waals surface area contributed by atoms with Crippen molar-refractivity contribution in [2.75, 3.05) is 13.2 Å². The molecule has 0 saturated carbocycles. The lowest BCUT2D eigenvalue weighted by atomic mass is 10.2. The quantitative estimate of drug-likeness (QED) is 0.883. The van der Waals surface area contributed by atoms with Crippen molar-refractivity contribution in [1.82, 2.24) is 14.7 Å². The lowest BCUT2D eigenvalue weighted by molar-refractivity contribution is 0.0914. The zero-order valence-corrected chi connectivity index (χ0v) is 10.5. The van der Waals surface area contributed by atoms with Crippen LogP contribution in [-0.4, -0.2) is 40.7 Å². The van der Waals surface area contributed by atoms with Gasteiger partial charge in [0.2, 0.25) is 0 Å². The minimum atomic E-state index is -1.15. The first-order valence-corrected chi connectivity index (χ1v) is 6.13. The Morgan fingerprint density at radius 1 is 1.53 bits per heavy atom. The summed E-state index contributed by atoms with van der Waals surface area (Å²) >= 11 is 0. The summed E-state index contributed by atoms with van der Waals surface area (Å²) in [6.45, 7) is 2.01. The summed E-state index contributed by atoms with van der Waals surface area (Å²) in [5.74, 6) is -0.325. The van der Waals surface area contributed by atoms with Crippen LogP contribution in [0, 0.1) is 6.92 Å². The Labute approximate surface area is 109 Å². The maximum atomic E-state index is 13.4. The predicted octanol–water partition coefficient (Wildman–Crippen LogP) is 1.11. The van der Waals surface area contributed by atoms with Crippen LogP contribution >= 0.6 is 0 Å². The first kappa shape index (κ1) is 12.1. The minimum absolute atomic E-state index is 0.0388. The number of ether oxygens (including phenoxy) is 1. The Hall–Kier alpha value is -1.95. The van der Waals surface area contributed by atoms with Crippen molar-refractivity contribution in [2.24, 2.45) is 0 Å². The van der Waals surface area contributed by atoms with Crippen molar-refractivity contribution in [3.8, 4) is 0 Å². The molecule has 0 aromatic carbocycles. The number of carbonyl (C=O) groups excluding carboxylic acids is 1. The normalized spacial score (nSPS) is 22.8. The van der Waals surface area contributed by atoms with Crippen molar-refractivity contribution in [3.63, 3.8) is 0 Å². The van der Waals surface area contributed by atoms with Crippen LogP contribution in [0.25, 0.3) is 5.65 Å². The average molecular weight is 263 g/mol. The molecule has 0 spiro atoms. The second-order valence-corrected chi connectivity index (χ2v) is 4.61. The summed E-state index contributed by atoms with van der Waals surface area (Å²) in [7, 11) is 0. The Morgan fingerprint density at radius 3 is 3.11 bits per heavy atom. The van der Waals surface area contributed by atoms with Crippen LogP contribution in [0.15, 0.2) is 24.4 Å². The largest absolute Gasteiger partial charge is 0.376 e. The van der Waals surface area contributed by atoms with E-state index in [0.29, 0.717) is 17.0 Å². The van der Waals surface area contributed by atoms with E-state index in [0.717, 1.165) is 0 Å². The summed E-state index contributed by atoms with van der Waals surface area (Å²) in [5, 5.41) is 2.66. The molecule has 1 saturated heterocycles. The van der Waals surface area contributed by atoms with Crippen molar-refractivity contribution in [2.45, 2.75) is 19.1 Å². The topological polar surface area (TPSA) is 55.6 Å². The van der Waals surface area contributed by atoms with Crippen LogP contribution < -0.4 is 5.32 Å². The number of hydrogen-bond acceptors (Lipinski definition) is 3. The van der Waals surface area contributed by atoms with Gasteiger partial charge in [0, 0.05) is 6.20 Å². The van der Waals surface area contributed by atoms with E-state index < -0.39 is 12.2 Å². The summed E-state index contributed by atoms with van der Waals surface area (Å²) in [6.07, 6.45) is 0.617. The van der Waals surface area contributed by atoms with Gasteiger partial charge in [0.25, 0.3) is 5.91 Å². The number of fused-ring (bicyclic) bond motifs is 1. The van der Waals surface area contributed by atoms with Crippen LogP contribution in [0.1, 0.15) is 16.2 Å². The number of hydrogen-bond donors (Lipinski definition) is 1. The molecule has 0 radical (unpaired) electrons. The number of imidazole rings is 1. The van der Waals surface area contributed by atoms with Crippen LogP contribution in [0.4, 0.5) is 4.39 Å². The van der Waals surface area contributed by atoms with Gasteiger partial charge in [-0.05, 0) is 19.1 Å². The lowest BCUT2D eigenvalue weighted by Crippen LogP contribution is -2.41. The Kier molecular flexibility index (Phi) is 2.94. The number of aromatic nitrogens is 2. The average Bonchev–Trinajstić information content (AvgIpc) is 2.92. The van der Waals surface area contributed by atoms with Gasteiger partial charge in [0.1, 0.15) is 17.5 Å². The molecule has 100 valence electrons. The van der Waals surface area contributed by atoms with E-state index in [-0.39, 0.29) is 19.1 Å². The second kappa shape index (κ2) is 4.62. The molecule has 5 nitrogen and oxygen atoms in total. The van der Waals surface area contributed by atoms with E-state index in [1.54, 1.807) is 17.5 Å². The van der Waals surface area contributed by atoms with Crippen LogP contribution in [0.3, 0.4) is 0 Å². The highest BCUT2D eigenvalue weighted by atomic mass is 19.1. The molecule has 2 aromatic rings. The van der Waals surface area contributed by atoms with Crippen molar-refractivity contribution >= 4 is 11.6 Å². The summed E-state index contributed by atoms with van der Waals surface area (Å²) in [5.41, 5.74) is 1.76. The molecule has 1 amide bonds. The van der Waals surface area contributed by atoms with E-state index in [4.69, 9.17) is 4.74 Å². The zero-order valence-electron chi connectivity index (χ0n) is 10.5. The van der Waals surface area contributed by atoms with Gasteiger partial charge >= 0.3 is 0 Å². The number of alkyl halides is 1. The van der Waals surface area contributed by atoms with Gasteiger partial charge in [-0.2, -0.15) is 0 Å². The fourth-order valence-corrected chi connectivity index (χ4v) is 2.28. The first-order chi connectivity index (χ1) is 9.16. The van der Waals surface area contributed by atoms with E-state index in [2.05, 4.69) is 10.3 Å². The van der Waals surface area contributed by atoms with Gasteiger partial charge in [-0.1, -0.05) is 6.07 Å². The van der Waals surface area contributed by atoms with Gasteiger partial charge in [-0.3, -0.25) is 9.20 Å². The maximum absolute atomic E-state index is 13.4. The molecule has 19 heavy (non-hydrogen) atoms. The SMILES string of the molecule is Cc1nc2ccccn2c1C(=O)NC1COCC1F. The number of nitrogens with one attached hydrogen (secondary N) is 1. The lowest BCUT2D eigenvalue weighted by Gasteiger charge is -2.13. The molecule has 6 heteroatoms. The fourth-order valence-electron chi connectivity index (χ4n) is 2.28. The van der Waals surface area contributed by atoms with Crippen molar-refractivity contribution in [1.29, 1.82) is 0 Å². The number of halogens is 1. The number of aryl methyl sites for hydroxylation is 1. The summed E-state index contributed by atoms with van der Waals surface area (Å²) in [4.78, 5) is 16.6. The highest BCUT2D eigenvalue weighted by Gasteiger charge is 2.30. The number of nitrogens with zero attached hydrogens (tertiary/aromatic N) is 2. The third-order valence-electron chi connectivity index (χ3n) is 3.25. The van der Waals surface area contributed by atoms with Crippen LogP contribution in [0.2, 0.25) is 0 Å². The van der Waals surface area contributed by atoms with Crippen molar-refractivity contribution in [3.05, 3.63) is 35.8 Å². The molecule has 0 bridgehead atoms. The van der Waals surface area contributed by atoms with Gasteiger partial charge < -0.3 is 10.1 Å². The number of carbonyl (C=O) groups is 1. The fraction of sp³-hybridized carbons (Fsp3) is 0.385. The molecule has 0 aliphatic carbocycles. The highest BCUT2D eigenvalue weighted by molar-refractivity contribution is 5.94.